The van der Waals surface area contributed by atoms with Crippen LogP contribution in [0, 0.1) is 0 Å². The molecule has 0 spiro atoms. The number of benzene rings is 1. The van der Waals surface area contributed by atoms with Gasteiger partial charge in [0.1, 0.15) is 6.04 Å². The molecule has 3 N–H and O–H groups in total. The number of rotatable bonds is 7. The lowest BCUT2D eigenvalue weighted by Gasteiger charge is -2.14. The van der Waals surface area contributed by atoms with Gasteiger partial charge in [0.15, 0.2) is 5.12 Å². The van der Waals surface area contributed by atoms with Crippen LogP contribution in [0.4, 0.5) is 0 Å². The average molecular weight is 413 g/mol. The van der Waals surface area contributed by atoms with Crippen molar-refractivity contribution in [3.05, 3.63) is 34.4 Å². The van der Waals surface area contributed by atoms with E-state index in [-0.39, 0.29) is 23.9 Å². The summed E-state index contributed by atoms with van der Waals surface area (Å²) in [4.78, 5) is 37.3. The Hall–Kier alpha value is -1.80. The summed E-state index contributed by atoms with van der Waals surface area (Å²) in [7, 11) is 0. The zero-order valence-corrected chi connectivity index (χ0v) is 15.4. The van der Waals surface area contributed by atoms with Crippen LogP contribution >= 0.6 is 27.7 Å². The number of aromatic nitrogens is 1. The minimum Gasteiger partial charge on any atom is -0.480 e. The summed E-state index contributed by atoms with van der Waals surface area (Å²) in [6, 6.07) is 4.69. The molecule has 0 aliphatic heterocycles. The lowest BCUT2D eigenvalue weighted by atomic mass is 10.0. The van der Waals surface area contributed by atoms with Gasteiger partial charge in [-0.3, -0.25) is 9.59 Å². The fraction of sp³-hybridized carbons (Fsp3) is 0.312. The number of carboxylic acids is 1. The topological polar surface area (TPSA) is 99.3 Å². The molecule has 0 saturated carbocycles. The van der Waals surface area contributed by atoms with E-state index in [1.807, 2.05) is 18.2 Å². The van der Waals surface area contributed by atoms with Gasteiger partial charge in [-0.15, -0.1) is 0 Å². The molecule has 0 radical (unpaired) electrons. The van der Waals surface area contributed by atoms with E-state index >= 15 is 0 Å². The third kappa shape index (κ3) is 5.10. The van der Waals surface area contributed by atoms with Crippen LogP contribution < -0.4 is 5.32 Å². The maximum atomic E-state index is 11.9. The molecule has 0 unspecified atom stereocenters. The van der Waals surface area contributed by atoms with E-state index in [1.165, 1.54) is 6.92 Å². The Balaban J connectivity index is 2.05. The molecule has 1 atom stereocenters. The number of fused-ring (bicyclic) bond motifs is 1. The number of carboxylic acid groups (broad SMARTS) is 1. The third-order valence-electron chi connectivity index (χ3n) is 3.42. The Kier molecular flexibility index (Phi) is 6.44. The Morgan fingerprint density at radius 3 is 2.79 bits per heavy atom. The minimum atomic E-state index is -1.09. The van der Waals surface area contributed by atoms with E-state index in [4.69, 9.17) is 0 Å². The van der Waals surface area contributed by atoms with Gasteiger partial charge in [0.05, 0.1) is 0 Å². The molecule has 0 aliphatic carbocycles. The number of thioether (sulfide) groups is 1. The van der Waals surface area contributed by atoms with Gasteiger partial charge in [-0.1, -0.05) is 27.7 Å². The van der Waals surface area contributed by atoms with Crippen LogP contribution in [-0.4, -0.2) is 38.9 Å². The lowest BCUT2D eigenvalue weighted by Crippen LogP contribution is -2.42. The molecule has 1 aromatic carbocycles. The number of carbonyl (C=O) groups excluding carboxylic acids is 2. The number of amides is 1. The van der Waals surface area contributed by atoms with Gasteiger partial charge < -0.3 is 15.4 Å². The van der Waals surface area contributed by atoms with Crippen LogP contribution in [0.25, 0.3) is 10.9 Å². The summed E-state index contributed by atoms with van der Waals surface area (Å²) in [5, 5.41) is 12.7. The number of H-pyrrole nitrogens is 1. The van der Waals surface area contributed by atoms with Gasteiger partial charge in [0.25, 0.3) is 0 Å². The Bertz CT molecular complexity index is 775. The highest BCUT2D eigenvalue weighted by atomic mass is 79.9. The van der Waals surface area contributed by atoms with Crippen molar-refractivity contribution in [1.82, 2.24) is 10.3 Å². The first kappa shape index (κ1) is 18.5. The molecule has 2 rings (SSSR count). The second-order valence-corrected chi connectivity index (χ2v) is 7.44. The Morgan fingerprint density at radius 2 is 2.12 bits per heavy atom. The summed E-state index contributed by atoms with van der Waals surface area (Å²) in [5.41, 5.74) is 1.72. The van der Waals surface area contributed by atoms with Crippen LogP contribution in [0.5, 0.6) is 0 Å². The molecule has 8 heteroatoms. The smallest absolute Gasteiger partial charge is 0.326 e. The highest BCUT2D eigenvalue weighted by Gasteiger charge is 2.21. The molecule has 0 saturated heterocycles. The first-order chi connectivity index (χ1) is 11.4. The molecule has 24 heavy (non-hydrogen) atoms. The summed E-state index contributed by atoms with van der Waals surface area (Å²) in [6.07, 6.45) is 2.04. The summed E-state index contributed by atoms with van der Waals surface area (Å²) in [5.74, 6) is -1.13. The van der Waals surface area contributed by atoms with Crippen molar-refractivity contribution in [2.45, 2.75) is 25.8 Å². The van der Waals surface area contributed by atoms with Crippen molar-refractivity contribution in [1.29, 1.82) is 0 Å². The highest BCUT2D eigenvalue weighted by molar-refractivity contribution is 9.10. The number of nitrogens with one attached hydrogen (secondary N) is 2. The van der Waals surface area contributed by atoms with Crippen LogP contribution in [0.2, 0.25) is 0 Å². The van der Waals surface area contributed by atoms with Gasteiger partial charge in [0, 0.05) is 47.1 Å². The zero-order chi connectivity index (χ0) is 17.7. The van der Waals surface area contributed by atoms with E-state index in [1.54, 1.807) is 6.20 Å². The van der Waals surface area contributed by atoms with Gasteiger partial charge in [-0.25, -0.2) is 4.79 Å². The number of carbonyl (C=O) groups is 3. The Morgan fingerprint density at radius 1 is 1.38 bits per heavy atom. The summed E-state index contributed by atoms with van der Waals surface area (Å²) >= 11 is 4.44. The van der Waals surface area contributed by atoms with E-state index in [2.05, 4.69) is 26.2 Å². The van der Waals surface area contributed by atoms with Gasteiger partial charge in [0.2, 0.25) is 5.91 Å². The van der Waals surface area contributed by atoms with Crippen LogP contribution in [0.3, 0.4) is 0 Å². The van der Waals surface area contributed by atoms with Crippen molar-refractivity contribution in [2.75, 3.05) is 5.75 Å². The molecule has 0 fully saturated rings. The van der Waals surface area contributed by atoms with Crippen molar-refractivity contribution in [3.8, 4) is 0 Å². The largest absolute Gasteiger partial charge is 0.480 e. The Labute approximate surface area is 151 Å². The molecular weight excluding hydrogens is 396 g/mol. The second kappa shape index (κ2) is 8.34. The molecule has 1 aromatic heterocycles. The SMILES string of the molecule is CC(=O)SCCC(=O)N[C@@H](Cc1c[nH]c2ccc(Br)cc12)C(=O)O. The summed E-state index contributed by atoms with van der Waals surface area (Å²) in [6.45, 7) is 1.43. The average Bonchev–Trinajstić information content (AvgIpc) is 2.88. The molecule has 2 aromatic rings. The van der Waals surface area contributed by atoms with E-state index in [0.29, 0.717) is 5.75 Å². The number of aliphatic carboxylic acids is 1. The molecule has 0 aliphatic rings. The monoisotopic (exact) mass is 412 g/mol. The van der Waals surface area contributed by atoms with Gasteiger partial charge in [-0.2, -0.15) is 0 Å². The number of hydrogen-bond donors (Lipinski definition) is 3. The zero-order valence-electron chi connectivity index (χ0n) is 13.0. The quantitative estimate of drug-likeness (QED) is 0.648. The van der Waals surface area contributed by atoms with Crippen LogP contribution in [0.15, 0.2) is 28.9 Å². The number of aromatic amines is 1. The fourth-order valence-electron chi connectivity index (χ4n) is 2.29. The van der Waals surface area contributed by atoms with Crippen molar-refractivity contribution in [2.24, 2.45) is 0 Å². The molecule has 0 bridgehead atoms. The van der Waals surface area contributed by atoms with Crippen LogP contribution in [0.1, 0.15) is 18.9 Å². The number of hydrogen-bond acceptors (Lipinski definition) is 4. The highest BCUT2D eigenvalue weighted by Crippen LogP contribution is 2.23. The molecule has 1 amide bonds. The van der Waals surface area contributed by atoms with Gasteiger partial charge >= 0.3 is 5.97 Å². The van der Waals surface area contributed by atoms with E-state index in [9.17, 15) is 19.5 Å². The predicted octanol–water partition coefficient (Wildman–Crippen LogP) is 2.71. The fourth-order valence-corrected chi connectivity index (χ4v) is 3.23. The standard InChI is InChI=1S/C16H17BrN2O4S/c1-9(20)24-5-4-15(21)19-14(16(22)23)6-10-8-18-13-3-2-11(17)7-12(10)13/h2-3,7-8,14,18H,4-6H2,1H3,(H,19,21)(H,22,23)/t14-/m0/s1. The molecule has 6 nitrogen and oxygen atoms in total. The normalized spacial score (nSPS) is 12.1. The maximum Gasteiger partial charge on any atom is 0.326 e. The van der Waals surface area contributed by atoms with Crippen molar-refractivity contribution < 1.29 is 19.5 Å². The van der Waals surface area contributed by atoms with Crippen molar-refractivity contribution >= 4 is 55.6 Å². The first-order valence-electron chi connectivity index (χ1n) is 7.28. The summed E-state index contributed by atoms with van der Waals surface area (Å²) < 4.78 is 0.896. The minimum absolute atomic E-state index is 0.0676. The second-order valence-electron chi connectivity index (χ2n) is 5.26. The molecule has 1 heterocycles. The van der Waals surface area contributed by atoms with Gasteiger partial charge in [-0.05, 0) is 23.8 Å². The molecular formula is C16H17BrN2O4S. The maximum absolute atomic E-state index is 11.9. The number of halogens is 1. The predicted molar refractivity (Wildman–Crippen MR) is 97.0 cm³/mol. The lowest BCUT2D eigenvalue weighted by molar-refractivity contribution is -0.141. The van der Waals surface area contributed by atoms with Crippen molar-refractivity contribution in [3.63, 3.8) is 0 Å². The third-order valence-corrected chi connectivity index (χ3v) is 4.73. The molecule has 128 valence electrons. The first-order valence-corrected chi connectivity index (χ1v) is 9.05. The van der Waals surface area contributed by atoms with Crippen LogP contribution in [-0.2, 0) is 20.8 Å². The van der Waals surface area contributed by atoms with E-state index < -0.39 is 12.0 Å². The van der Waals surface area contributed by atoms with E-state index in [0.717, 1.165) is 32.7 Å².